The second kappa shape index (κ2) is 12.2. The van der Waals surface area contributed by atoms with Crippen LogP contribution in [0.2, 0.25) is 0 Å². The molecule has 0 amide bonds. The second-order valence-corrected chi connectivity index (χ2v) is 10.5. The number of esters is 1. The van der Waals surface area contributed by atoms with Gasteiger partial charge in [0.1, 0.15) is 0 Å². The number of hydrogen-bond acceptors (Lipinski definition) is 3. The Morgan fingerprint density at radius 3 is 1.79 bits per heavy atom. The van der Waals surface area contributed by atoms with Crippen LogP contribution >= 0.6 is 0 Å². The summed E-state index contributed by atoms with van der Waals surface area (Å²) in [5.74, 6) is -0.193. The van der Waals surface area contributed by atoms with Crippen LogP contribution < -0.4 is 0 Å². The molecule has 0 aliphatic heterocycles. The van der Waals surface area contributed by atoms with Gasteiger partial charge in [0, 0.05) is 18.2 Å². The van der Waals surface area contributed by atoms with Crippen LogP contribution in [0.3, 0.4) is 0 Å². The number of benzene rings is 5. The first kappa shape index (κ1) is 27.2. The topological polar surface area (TPSA) is 39.2 Å². The normalized spacial score (nSPS) is 11.4. The van der Waals surface area contributed by atoms with Crippen LogP contribution in [0, 0.1) is 0 Å². The molecule has 0 aliphatic rings. The Balaban J connectivity index is 1.66. The van der Waals surface area contributed by atoms with Gasteiger partial charge in [-0.2, -0.15) is 0 Å². The van der Waals surface area contributed by atoms with Crippen LogP contribution in [0.5, 0.6) is 0 Å². The van der Waals surface area contributed by atoms with Crippen molar-refractivity contribution < 1.29 is 9.53 Å². The third kappa shape index (κ3) is 5.22. The Bertz CT molecular complexity index is 1700. The molecule has 0 unspecified atom stereocenters. The van der Waals surface area contributed by atoms with E-state index in [-0.39, 0.29) is 5.97 Å². The first-order chi connectivity index (χ1) is 20.7. The molecule has 0 spiro atoms. The first-order valence-electron chi connectivity index (χ1n) is 14.5. The van der Waals surface area contributed by atoms with Crippen LogP contribution in [0.15, 0.2) is 146 Å². The molecule has 0 N–H and O–H groups in total. The largest absolute Gasteiger partial charge is 0.466 e. The minimum absolute atomic E-state index is 0.193. The van der Waals surface area contributed by atoms with Crippen molar-refractivity contribution in [3.8, 4) is 11.1 Å². The van der Waals surface area contributed by atoms with Gasteiger partial charge in [-0.1, -0.05) is 127 Å². The smallest absolute Gasteiger partial charge is 0.306 e. The van der Waals surface area contributed by atoms with E-state index in [1.54, 1.807) is 0 Å². The lowest BCUT2D eigenvalue weighted by atomic mass is 9.65. The number of aryl methyl sites for hydroxylation is 1. The van der Waals surface area contributed by atoms with Crippen LogP contribution in [-0.2, 0) is 21.4 Å². The summed E-state index contributed by atoms with van der Waals surface area (Å²) < 4.78 is 5.22. The number of hydrogen-bond donors (Lipinski definition) is 0. The van der Waals surface area contributed by atoms with Crippen molar-refractivity contribution in [2.75, 3.05) is 6.61 Å². The maximum atomic E-state index is 12.3. The van der Waals surface area contributed by atoms with Crippen molar-refractivity contribution in [2.45, 2.75) is 25.2 Å². The van der Waals surface area contributed by atoms with Gasteiger partial charge in [-0.05, 0) is 64.1 Å². The predicted octanol–water partition coefficient (Wildman–Crippen LogP) is 8.78. The number of carbonyl (C=O) groups excluding carboxylic acids is 1. The molecule has 0 fully saturated rings. The Morgan fingerprint density at radius 1 is 0.667 bits per heavy atom. The van der Waals surface area contributed by atoms with Gasteiger partial charge in [-0.15, -0.1) is 0 Å². The Hall–Kier alpha value is -5.02. The predicted molar refractivity (Wildman–Crippen MR) is 170 cm³/mol. The average Bonchev–Trinajstić information content (AvgIpc) is 3.06. The summed E-state index contributed by atoms with van der Waals surface area (Å²) in [6, 6.07) is 49.2. The van der Waals surface area contributed by atoms with Gasteiger partial charge in [0.25, 0.3) is 0 Å². The highest BCUT2D eigenvalue weighted by Gasteiger charge is 2.41. The van der Waals surface area contributed by atoms with Crippen molar-refractivity contribution in [1.82, 2.24) is 4.98 Å². The lowest BCUT2D eigenvalue weighted by Crippen LogP contribution is -2.33. The first-order valence-corrected chi connectivity index (χ1v) is 14.5. The summed E-state index contributed by atoms with van der Waals surface area (Å²) >= 11 is 0. The maximum Gasteiger partial charge on any atom is 0.306 e. The number of fused-ring (bicyclic) bond motifs is 1. The molecule has 0 aliphatic carbocycles. The van der Waals surface area contributed by atoms with E-state index in [2.05, 4.69) is 140 Å². The van der Waals surface area contributed by atoms with Gasteiger partial charge >= 0.3 is 5.97 Å². The number of ether oxygens (including phenoxy) is 1. The molecule has 3 heteroatoms. The van der Waals surface area contributed by atoms with Crippen LogP contribution in [0.4, 0.5) is 0 Å². The number of carbonyl (C=O) groups is 1. The zero-order chi connectivity index (χ0) is 28.8. The fourth-order valence-electron chi connectivity index (χ4n) is 5.97. The van der Waals surface area contributed by atoms with E-state index >= 15 is 0 Å². The molecule has 0 saturated carbocycles. The lowest BCUT2D eigenvalue weighted by Gasteiger charge is -2.37. The van der Waals surface area contributed by atoms with Crippen molar-refractivity contribution in [2.24, 2.45) is 0 Å². The Kier molecular flexibility index (Phi) is 7.91. The van der Waals surface area contributed by atoms with Gasteiger partial charge < -0.3 is 4.74 Å². The molecule has 5 aromatic carbocycles. The number of rotatable bonds is 9. The van der Waals surface area contributed by atoms with Gasteiger partial charge in [0.2, 0.25) is 0 Å². The highest BCUT2D eigenvalue weighted by atomic mass is 16.5. The van der Waals surface area contributed by atoms with Crippen molar-refractivity contribution in [1.29, 1.82) is 0 Å². The summed E-state index contributed by atoms with van der Waals surface area (Å²) in [4.78, 5) is 17.6. The van der Waals surface area contributed by atoms with Crippen molar-refractivity contribution >= 4 is 16.7 Å². The molecule has 0 radical (unpaired) electrons. The number of aromatic nitrogens is 1. The van der Waals surface area contributed by atoms with E-state index in [0.717, 1.165) is 39.1 Å². The number of pyridine rings is 1. The third-order valence-corrected chi connectivity index (χ3v) is 7.90. The van der Waals surface area contributed by atoms with E-state index in [9.17, 15) is 4.79 Å². The van der Waals surface area contributed by atoms with E-state index < -0.39 is 5.41 Å². The summed E-state index contributed by atoms with van der Waals surface area (Å²) in [7, 11) is 0. The van der Waals surface area contributed by atoms with Gasteiger partial charge in [-0.25, -0.2) is 0 Å². The van der Waals surface area contributed by atoms with E-state index in [1.165, 1.54) is 10.8 Å². The van der Waals surface area contributed by atoms with E-state index in [1.807, 2.05) is 13.1 Å². The molecule has 3 nitrogen and oxygen atoms in total. The van der Waals surface area contributed by atoms with Gasteiger partial charge in [0.15, 0.2) is 0 Å². The molecule has 6 aromatic rings. The highest BCUT2D eigenvalue weighted by Crippen LogP contribution is 2.47. The molecule has 0 atom stereocenters. The molecule has 206 valence electrons. The second-order valence-electron chi connectivity index (χ2n) is 10.5. The Labute approximate surface area is 247 Å². The maximum absolute atomic E-state index is 12.3. The fraction of sp³-hybridized carbons (Fsp3) is 0.128. The lowest BCUT2D eigenvalue weighted by molar-refractivity contribution is -0.143. The summed E-state index contributed by atoms with van der Waals surface area (Å²) in [5.41, 5.74) is 6.78. The molecule has 1 heterocycles. The van der Waals surface area contributed by atoms with Crippen molar-refractivity contribution in [3.05, 3.63) is 174 Å². The molecular formula is C39H33NO2. The molecule has 1 aromatic heterocycles. The SMILES string of the molecule is CCOC(=O)CCc1cnc(C(c2ccccc2)(c2ccccc2)c2ccccc2)c(-c2ccc3ccccc3c2)c1. The Morgan fingerprint density at radius 2 is 1.21 bits per heavy atom. The average molecular weight is 548 g/mol. The summed E-state index contributed by atoms with van der Waals surface area (Å²) in [5, 5.41) is 2.36. The van der Waals surface area contributed by atoms with Crippen LogP contribution in [0.1, 0.15) is 41.3 Å². The van der Waals surface area contributed by atoms with Gasteiger partial charge in [-0.3, -0.25) is 9.78 Å². The van der Waals surface area contributed by atoms with E-state index in [4.69, 9.17) is 9.72 Å². The third-order valence-electron chi connectivity index (χ3n) is 7.90. The summed E-state index contributed by atoms with van der Waals surface area (Å²) in [6.07, 6.45) is 2.80. The monoisotopic (exact) mass is 547 g/mol. The van der Waals surface area contributed by atoms with Crippen LogP contribution in [0.25, 0.3) is 21.9 Å². The zero-order valence-electron chi connectivity index (χ0n) is 23.7. The molecule has 42 heavy (non-hydrogen) atoms. The molecule has 6 rings (SSSR count). The fourth-order valence-corrected chi connectivity index (χ4v) is 5.97. The number of nitrogens with zero attached hydrogens (tertiary/aromatic N) is 1. The van der Waals surface area contributed by atoms with Gasteiger partial charge in [0.05, 0.1) is 17.7 Å². The molecule has 0 saturated heterocycles. The minimum Gasteiger partial charge on any atom is -0.466 e. The quantitative estimate of drug-likeness (QED) is 0.134. The minimum atomic E-state index is -0.690. The molecule has 0 bridgehead atoms. The molecular weight excluding hydrogens is 514 g/mol. The van der Waals surface area contributed by atoms with Crippen LogP contribution in [-0.4, -0.2) is 17.6 Å². The van der Waals surface area contributed by atoms with E-state index in [0.29, 0.717) is 19.4 Å². The van der Waals surface area contributed by atoms with Crippen molar-refractivity contribution in [3.63, 3.8) is 0 Å². The zero-order valence-corrected chi connectivity index (χ0v) is 23.7. The summed E-state index contributed by atoms with van der Waals surface area (Å²) in [6.45, 7) is 2.22. The highest BCUT2D eigenvalue weighted by molar-refractivity contribution is 5.88. The standard InChI is InChI=1S/C39H33NO2/c1-2-42-37(41)25-22-29-26-36(32-24-23-30-14-12-13-15-31(30)27-32)38(40-28-29)39(33-16-6-3-7-17-33,34-18-8-4-9-19-34)35-20-10-5-11-21-35/h3-21,23-24,26-28H,2,22,25H2,1H3.